The predicted octanol–water partition coefficient (Wildman–Crippen LogP) is 4.14. The van der Waals surface area contributed by atoms with Crippen molar-refractivity contribution in [3.05, 3.63) is 35.9 Å². The average molecular weight is 454 g/mol. The van der Waals surface area contributed by atoms with Crippen molar-refractivity contribution in [3.8, 4) is 17.0 Å². The van der Waals surface area contributed by atoms with Crippen LogP contribution in [-0.2, 0) is 0 Å². The molecule has 2 amide bonds. The van der Waals surface area contributed by atoms with Crippen molar-refractivity contribution in [1.29, 1.82) is 0 Å². The quantitative estimate of drug-likeness (QED) is 0.442. The number of ether oxygens (including phenoxy) is 1. The number of alkyl halides is 1. The number of nitrogens with one attached hydrogen (secondary N) is 3. The molecular formula is C23H24F2N6O2. The molecule has 0 spiro atoms. The standard InChI is InChI=1S/C23H24F2N6O2/c1-11-14(9-29-22-21(11)27-5-6-33-22)13-7-12-8-18(28-10-15(12)20(26)19(13)25)31-23(32)30-17-4-2-3-16(17)24/h7-10,16-17,27H,2-6,26H2,1H3,(H2,28,30,31,32)/t16-,17+/m1/s1. The number of rotatable bonds is 3. The van der Waals surface area contributed by atoms with Crippen LogP contribution in [-0.4, -0.2) is 41.4 Å². The number of pyridine rings is 2. The molecule has 0 saturated heterocycles. The Balaban J connectivity index is 1.48. The summed E-state index contributed by atoms with van der Waals surface area (Å²) in [6.07, 6.45) is 3.73. The van der Waals surface area contributed by atoms with Gasteiger partial charge in [0.1, 0.15) is 24.3 Å². The molecule has 0 bridgehead atoms. The number of benzene rings is 1. The van der Waals surface area contributed by atoms with Crippen molar-refractivity contribution < 1.29 is 18.3 Å². The minimum absolute atomic E-state index is 0.0430. The number of amides is 2. The maximum Gasteiger partial charge on any atom is 0.320 e. The van der Waals surface area contributed by atoms with E-state index in [0.717, 1.165) is 17.7 Å². The monoisotopic (exact) mass is 454 g/mol. The maximum absolute atomic E-state index is 15.3. The van der Waals surface area contributed by atoms with Crippen LogP contribution in [0.5, 0.6) is 5.88 Å². The normalized spacial score (nSPS) is 19.5. The second-order valence-corrected chi connectivity index (χ2v) is 8.35. The number of nitrogens with zero attached hydrogens (tertiary/aromatic N) is 2. The topological polar surface area (TPSA) is 114 Å². The lowest BCUT2D eigenvalue weighted by Gasteiger charge is -2.22. The third-order valence-corrected chi connectivity index (χ3v) is 6.23. The number of hydrogen-bond acceptors (Lipinski definition) is 6. The van der Waals surface area contributed by atoms with Gasteiger partial charge in [-0.2, -0.15) is 0 Å². The van der Waals surface area contributed by atoms with Gasteiger partial charge in [-0.1, -0.05) is 0 Å². The number of anilines is 3. The summed E-state index contributed by atoms with van der Waals surface area (Å²) in [6, 6.07) is 2.23. The number of nitrogen functional groups attached to an aromatic ring is 1. The molecule has 3 aromatic rings. The van der Waals surface area contributed by atoms with E-state index in [1.807, 2.05) is 6.92 Å². The van der Waals surface area contributed by atoms with E-state index >= 15 is 4.39 Å². The SMILES string of the molecule is Cc1c(-c2cc3cc(NC(=O)N[C@H]4CCC[C@H]4F)ncc3c(N)c2F)cnc2c1NCCO2. The van der Waals surface area contributed by atoms with Gasteiger partial charge in [0, 0.05) is 35.5 Å². The highest BCUT2D eigenvalue weighted by atomic mass is 19.1. The highest BCUT2D eigenvalue weighted by molar-refractivity contribution is 6.00. The Morgan fingerprint density at radius 1 is 1.24 bits per heavy atom. The Morgan fingerprint density at radius 2 is 2.09 bits per heavy atom. The van der Waals surface area contributed by atoms with Gasteiger partial charge in [0.2, 0.25) is 5.88 Å². The Labute approximate surface area is 188 Å². The van der Waals surface area contributed by atoms with E-state index in [4.69, 9.17) is 10.5 Å². The molecule has 2 aliphatic rings. The molecule has 3 heterocycles. The lowest BCUT2D eigenvalue weighted by molar-refractivity contribution is 0.235. The first kappa shape index (κ1) is 21.2. The van der Waals surface area contributed by atoms with Crippen molar-refractivity contribution >= 4 is 34.0 Å². The van der Waals surface area contributed by atoms with E-state index in [2.05, 4.69) is 25.9 Å². The first-order valence-electron chi connectivity index (χ1n) is 10.9. The number of hydrogen-bond donors (Lipinski definition) is 4. The maximum atomic E-state index is 15.3. The van der Waals surface area contributed by atoms with E-state index in [1.54, 1.807) is 18.3 Å². The average Bonchev–Trinajstić information content (AvgIpc) is 3.21. The molecule has 5 N–H and O–H groups in total. The van der Waals surface area contributed by atoms with Gasteiger partial charge in [-0.05, 0) is 49.3 Å². The largest absolute Gasteiger partial charge is 0.474 e. The van der Waals surface area contributed by atoms with Crippen molar-refractivity contribution in [2.75, 3.05) is 29.5 Å². The minimum Gasteiger partial charge on any atom is -0.474 e. The summed E-state index contributed by atoms with van der Waals surface area (Å²) >= 11 is 0. The summed E-state index contributed by atoms with van der Waals surface area (Å²) in [6.45, 7) is 3.01. The molecule has 0 radical (unpaired) electrons. The molecule has 1 saturated carbocycles. The molecule has 8 nitrogen and oxygen atoms in total. The fourth-order valence-electron chi connectivity index (χ4n) is 4.45. The van der Waals surface area contributed by atoms with Gasteiger partial charge in [-0.15, -0.1) is 0 Å². The van der Waals surface area contributed by atoms with Crippen molar-refractivity contribution in [2.24, 2.45) is 0 Å². The number of carbonyl (C=O) groups is 1. The molecule has 2 atom stereocenters. The molecular weight excluding hydrogens is 430 g/mol. The van der Waals surface area contributed by atoms with E-state index < -0.39 is 24.1 Å². The van der Waals surface area contributed by atoms with Gasteiger partial charge in [0.05, 0.1) is 11.7 Å². The zero-order chi connectivity index (χ0) is 23.1. The molecule has 1 aromatic carbocycles. The summed E-state index contributed by atoms with van der Waals surface area (Å²) in [5, 5.41) is 9.53. The van der Waals surface area contributed by atoms with Gasteiger partial charge in [0.25, 0.3) is 0 Å². The van der Waals surface area contributed by atoms with Crippen molar-refractivity contribution in [1.82, 2.24) is 15.3 Å². The summed E-state index contributed by atoms with van der Waals surface area (Å²) in [5.41, 5.74) is 8.44. The predicted molar refractivity (Wildman–Crippen MR) is 123 cm³/mol. The fourth-order valence-corrected chi connectivity index (χ4v) is 4.45. The molecule has 10 heteroatoms. The van der Waals surface area contributed by atoms with Crippen LogP contribution < -0.4 is 26.4 Å². The van der Waals surface area contributed by atoms with Crippen LogP contribution in [0.3, 0.4) is 0 Å². The second kappa shape index (κ2) is 8.34. The molecule has 33 heavy (non-hydrogen) atoms. The number of carbonyl (C=O) groups excluding carboxylic acids is 1. The fraction of sp³-hybridized carbons (Fsp3) is 0.348. The van der Waals surface area contributed by atoms with Crippen LogP contribution in [0.1, 0.15) is 24.8 Å². The number of halogens is 2. The number of urea groups is 1. The zero-order valence-corrected chi connectivity index (χ0v) is 18.0. The Bertz CT molecular complexity index is 1250. The lowest BCUT2D eigenvalue weighted by atomic mass is 9.97. The van der Waals surface area contributed by atoms with Gasteiger partial charge in [0.15, 0.2) is 5.82 Å². The molecule has 1 fully saturated rings. The van der Waals surface area contributed by atoms with Crippen LogP contribution in [0, 0.1) is 12.7 Å². The summed E-state index contributed by atoms with van der Waals surface area (Å²) in [4.78, 5) is 20.8. The molecule has 5 rings (SSSR count). The van der Waals surface area contributed by atoms with Crippen LogP contribution in [0.4, 0.5) is 30.8 Å². The number of nitrogens with two attached hydrogens (primary N) is 1. The van der Waals surface area contributed by atoms with E-state index in [0.29, 0.717) is 48.2 Å². The summed E-state index contributed by atoms with van der Waals surface area (Å²) in [7, 11) is 0. The van der Waals surface area contributed by atoms with Crippen molar-refractivity contribution in [2.45, 2.75) is 38.4 Å². The molecule has 0 unspecified atom stereocenters. The minimum atomic E-state index is -1.04. The van der Waals surface area contributed by atoms with Gasteiger partial charge in [-0.3, -0.25) is 5.32 Å². The van der Waals surface area contributed by atoms with Crippen LogP contribution >= 0.6 is 0 Å². The van der Waals surface area contributed by atoms with Gasteiger partial charge < -0.3 is 21.1 Å². The summed E-state index contributed by atoms with van der Waals surface area (Å²) < 4.78 is 34.6. The Kier molecular flexibility index (Phi) is 5.35. The molecule has 172 valence electrons. The number of fused-ring (bicyclic) bond motifs is 2. The van der Waals surface area contributed by atoms with Crippen LogP contribution in [0.2, 0.25) is 0 Å². The van der Waals surface area contributed by atoms with Crippen LogP contribution in [0.25, 0.3) is 21.9 Å². The molecule has 1 aliphatic heterocycles. The third kappa shape index (κ3) is 3.85. The molecule has 2 aromatic heterocycles. The first-order chi connectivity index (χ1) is 15.9. The van der Waals surface area contributed by atoms with Crippen LogP contribution in [0.15, 0.2) is 24.5 Å². The van der Waals surface area contributed by atoms with E-state index in [1.165, 1.54) is 6.20 Å². The number of aromatic nitrogens is 2. The lowest BCUT2D eigenvalue weighted by Crippen LogP contribution is -2.40. The van der Waals surface area contributed by atoms with Gasteiger partial charge in [-0.25, -0.2) is 23.5 Å². The Morgan fingerprint density at radius 3 is 2.88 bits per heavy atom. The van der Waals surface area contributed by atoms with Gasteiger partial charge >= 0.3 is 6.03 Å². The van der Waals surface area contributed by atoms with E-state index in [9.17, 15) is 9.18 Å². The second-order valence-electron chi connectivity index (χ2n) is 8.35. The highest BCUT2D eigenvalue weighted by Gasteiger charge is 2.28. The molecule has 1 aliphatic carbocycles. The summed E-state index contributed by atoms with van der Waals surface area (Å²) in [5.74, 6) is 0.163. The smallest absolute Gasteiger partial charge is 0.320 e. The highest BCUT2D eigenvalue weighted by Crippen LogP contribution is 2.39. The van der Waals surface area contributed by atoms with E-state index in [-0.39, 0.29) is 17.1 Å². The van der Waals surface area contributed by atoms with Crippen molar-refractivity contribution in [3.63, 3.8) is 0 Å². The zero-order valence-electron chi connectivity index (χ0n) is 18.0. The third-order valence-electron chi connectivity index (χ3n) is 6.23. The Hall–Kier alpha value is -3.69. The first-order valence-corrected chi connectivity index (χ1v) is 10.9.